The Morgan fingerprint density at radius 1 is 1.14 bits per heavy atom. The van der Waals surface area contributed by atoms with Crippen LogP contribution in [-0.2, 0) is 14.3 Å². The highest BCUT2D eigenvalue weighted by Crippen LogP contribution is 2.45. The third kappa shape index (κ3) is 4.92. The van der Waals surface area contributed by atoms with Gasteiger partial charge >= 0.3 is 5.97 Å². The molecule has 0 saturated heterocycles. The molecule has 1 heterocycles. The maximum absolute atomic E-state index is 13.6. The molecule has 0 aliphatic heterocycles. The molecule has 1 aromatic heterocycles. The summed E-state index contributed by atoms with van der Waals surface area (Å²) in [7, 11) is 0. The van der Waals surface area contributed by atoms with Crippen LogP contribution in [0, 0.1) is 17.3 Å². The number of Topliss-reactive ketones (excluding diaryl/α,β-unsaturated/α-hetero) is 2. The quantitative estimate of drug-likeness (QED) is 0.449. The monoisotopic (exact) mass is 489 g/mol. The Kier molecular flexibility index (Phi) is 7.02. The predicted octanol–water partition coefficient (Wildman–Crippen LogP) is 5.39. The number of esters is 1. The number of allylic oxidation sites excluding steroid dienone is 2. The summed E-state index contributed by atoms with van der Waals surface area (Å²) in [4.78, 5) is 43.9. The van der Waals surface area contributed by atoms with Crippen LogP contribution in [0.3, 0.4) is 0 Å². The first-order valence-electron chi connectivity index (χ1n) is 12.6. The molecule has 6 nitrogen and oxygen atoms in total. The van der Waals surface area contributed by atoms with Gasteiger partial charge in [-0.2, -0.15) is 0 Å². The van der Waals surface area contributed by atoms with Gasteiger partial charge in [0.2, 0.25) is 0 Å². The Labute approximate surface area is 212 Å². The van der Waals surface area contributed by atoms with Crippen molar-refractivity contribution in [2.75, 3.05) is 0 Å². The fourth-order valence-corrected chi connectivity index (χ4v) is 5.42. The van der Waals surface area contributed by atoms with Crippen molar-refractivity contribution in [1.29, 1.82) is 0 Å². The van der Waals surface area contributed by atoms with Crippen LogP contribution >= 0.6 is 0 Å². The molecule has 4 atom stereocenters. The predicted molar refractivity (Wildman–Crippen MR) is 138 cm³/mol. The van der Waals surface area contributed by atoms with Crippen molar-refractivity contribution >= 4 is 28.4 Å². The molecule has 2 aliphatic carbocycles. The second-order valence-electron chi connectivity index (χ2n) is 11.2. The summed E-state index contributed by atoms with van der Waals surface area (Å²) < 4.78 is 6.00. The first-order valence-corrected chi connectivity index (χ1v) is 12.6. The molecular formula is C30H35NO5. The van der Waals surface area contributed by atoms with Crippen LogP contribution in [-0.4, -0.2) is 39.3 Å². The first-order chi connectivity index (χ1) is 16.9. The Morgan fingerprint density at radius 2 is 1.89 bits per heavy atom. The van der Waals surface area contributed by atoms with Crippen LogP contribution < -0.4 is 0 Å². The minimum Gasteiger partial charge on any atom is -0.458 e. The van der Waals surface area contributed by atoms with Gasteiger partial charge in [0.25, 0.3) is 0 Å². The molecule has 4 rings (SSSR count). The summed E-state index contributed by atoms with van der Waals surface area (Å²) >= 11 is 0. The highest BCUT2D eigenvalue weighted by atomic mass is 16.5. The second-order valence-corrected chi connectivity index (χ2v) is 11.2. The maximum Gasteiger partial charge on any atom is 0.338 e. The van der Waals surface area contributed by atoms with Gasteiger partial charge in [-0.05, 0) is 68.9 Å². The van der Waals surface area contributed by atoms with E-state index >= 15 is 0 Å². The highest BCUT2D eigenvalue weighted by Gasteiger charge is 2.56. The first kappa shape index (κ1) is 26.0. The zero-order valence-electron chi connectivity index (χ0n) is 21.7. The van der Waals surface area contributed by atoms with Crippen molar-refractivity contribution < 1.29 is 24.2 Å². The molecular weight excluding hydrogens is 454 g/mol. The summed E-state index contributed by atoms with van der Waals surface area (Å²) in [6, 6.07) is 8.88. The minimum absolute atomic E-state index is 0.135. The van der Waals surface area contributed by atoms with Crippen molar-refractivity contribution in [3.63, 3.8) is 0 Å². The zero-order valence-corrected chi connectivity index (χ0v) is 21.7. The molecule has 1 aromatic carbocycles. The molecule has 0 radical (unpaired) electrons. The molecule has 0 amide bonds. The smallest absolute Gasteiger partial charge is 0.338 e. The number of nitrogens with zero attached hydrogens (tertiary/aromatic N) is 1. The van der Waals surface area contributed by atoms with E-state index in [-0.39, 0.29) is 23.9 Å². The van der Waals surface area contributed by atoms with E-state index in [0.717, 1.165) is 16.5 Å². The number of fused-ring (bicyclic) bond motifs is 2. The molecule has 6 heteroatoms. The lowest BCUT2D eigenvalue weighted by molar-refractivity contribution is -0.137. The van der Waals surface area contributed by atoms with Crippen LogP contribution in [0.1, 0.15) is 70.7 Å². The minimum atomic E-state index is -1.69. The van der Waals surface area contributed by atoms with Gasteiger partial charge in [-0.1, -0.05) is 44.6 Å². The van der Waals surface area contributed by atoms with Gasteiger partial charge in [-0.3, -0.25) is 14.6 Å². The van der Waals surface area contributed by atoms with Crippen LogP contribution in [0.5, 0.6) is 0 Å². The van der Waals surface area contributed by atoms with Crippen LogP contribution in [0.25, 0.3) is 10.9 Å². The largest absolute Gasteiger partial charge is 0.458 e. The van der Waals surface area contributed by atoms with Crippen LogP contribution in [0.15, 0.2) is 59.8 Å². The van der Waals surface area contributed by atoms with Crippen molar-refractivity contribution in [3.8, 4) is 0 Å². The molecule has 1 N–H and O–H groups in total. The number of carbonyl (C=O) groups is 3. The Bertz CT molecular complexity index is 1270. The molecule has 0 spiro atoms. The van der Waals surface area contributed by atoms with Gasteiger partial charge in [-0.25, -0.2) is 4.79 Å². The number of ketones is 2. The van der Waals surface area contributed by atoms with E-state index < -0.39 is 29.0 Å². The topological polar surface area (TPSA) is 93.6 Å². The van der Waals surface area contributed by atoms with E-state index in [2.05, 4.69) is 4.98 Å². The fraction of sp³-hybridized carbons (Fsp3) is 0.467. The summed E-state index contributed by atoms with van der Waals surface area (Å²) in [6.45, 7) is 9.27. The number of aliphatic hydroxyl groups is 1. The summed E-state index contributed by atoms with van der Waals surface area (Å²) in [5.41, 5.74) is 0.218. The third-order valence-electron chi connectivity index (χ3n) is 7.82. The van der Waals surface area contributed by atoms with E-state index in [1.807, 2.05) is 45.9 Å². The lowest BCUT2D eigenvalue weighted by Crippen LogP contribution is -2.45. The average Bonchev–Trinajstić information content (AvgIpc) is 3.09. The molecule has 190 valence electrons. The summed E-state index contributed by atoms with van der Waals surface area (Å²) in [5, 5.41) is 12.6. The van der Waals surface area contributed by atoms with E-state index in [1.54, 1.807) is 37.4 Å². The van der Waals surface area contributed by atoms with Gasteiger partial charge in [0.15, 0.2) is 5.78 Å². The number of carbonyl (C=O) groups excluding carboxylic acids is 3. The van der Waals surface area contributed by atoms with Gasteiger partial charge < -0.3 is 9.84 Å². The number of hydrogen-bond acceptors (Lipinski definition) is 6. The maximum atomic E-state index is 13.6. The number of rotatable bonds is 2. The normalized spacial score (nSPS) is 31.9. The molecule has 1 saturated carbocycles. The highest BCUT2D eigenvalue weighted by molar-refractivity contribution is 6.02. The average molecular weight is 490 g/mol. The summed E-state index contributed by atoms with van der Waals surface area (Å²) in [6.07, 6.45) is 6.14. The third-order valence-corrected chi connectivity index (χ3v) is 7.82. The number of benzene rings is 1. The second kappa shape index (κ2) is 9.74. The zero-order chi connectivity index (χ0) is 26.3. The molecule has 2 aliphatic rings. The molecule has 0 unspecified atom stereocenters. The van der Waals surface area contributed by atoms with E-state index in [1.165, 1.54) is 0 Å². The molecule has 2 aromatic rings. The van der Waals surface area contributed by atoms with Gasteiger partial charge in [-0.15, -0.1) is 0 Å². The van der Waals surface area contributed by atoms with Gasteiger partial charge in [0.1, 0.15) is 17.5 Å². The number of aromatic nitrogens is 1. The van der Waals surface area contributed by atoms with Gasteiger partial charge in [0, 0.05) is 23.4 Å². The molecule has 0 bridgehead atoms. The molecule has 1 fully saturated rings. The summed E-state index contributed by atoms with van der Waals surface area (Å²) in [5.74, 6) is -1.69. The standard InChI is InChI=1S/C30H35NO5/c1-18-8-11-25(32)29(4,5)13-12-19(2)27(33)30(35)17-20(3)26(23(30)15-18)36-28(34)22-9-10-24-21(16-22)7-6-14-31-24/h6-7,9-10,12,14-16,20,23,26,35H,8,11,13,17H2,1-5H3/b18-15+,19-12+/t20-,23-,26+,30+/m0/s1. The Morgan fingerprint density at radius 3 is 2.64 bits per heavy atom. The lowest BCUT2D eigenvalue weighted by Gasteiger charge is -2.31. The fourth-order valence-electron chi connectivity index (χ4n) is 5.42. The van der Waals surface area contributed by atoms with Crippen LogP contribution in [0.2, 0.25) is 0 Å². The number of hydrogen-bond donors (Lipinski definition) is 1. The van der Waals surface area contributed by atoms with Crippen molar-refractivity contribution in [1.82, 2.24) is 4.98 Å². The van der Waals surface area contributed by atoms with E-state index in [0.29, 0.717) is 30.4 Å². The van der Waals surface area contributed by atoms with Crippen molar-refractivity contribution in [3.05, 3.63) is 65.4 Å². The Hall–Kier alpha value is -3.12. The van der Waals surface area contributed by atoms with Crippen LogP contribution in [0.4, 0.5) is 0 Å². The van der Waals surface area contributed by atoms with E-state index in [9.17, 15) is 19.5 Å². The number of ether oxygens (including phenoxy) is 1. The SMILES string of the molecule is C/C1=C\[C@H]2[C@H](OC(=O)c3ccc4ncccc4c3)[C@@H](C)C[C@]2(O)C(=O)/C(C)=C/CC(C)(C)C(=O)CC1. The lowest BCUT2D eigenvalue weighted by atomic mass is 9.77. The van der Waals surface area contributed by atoms with Gasteiger partial charge in [0.05, 0.1) is 17.0 Å². The molecule has 36 heavy (non-hydrogen) atoms. The Balaban J connectivity index is 1.68. The number of pyridine rings is 1. The van der Waals surface area contributed by atoms with Crippen molar-refractivity contribution in [2.45, 2.75) is 72.0 Å². The van der Waals surface area contributed by atoms with Crippen molar-refractivity contribution in [2.24, 2.45) is 17.3 Å². The van der Waals surface area contributed by atoms with E-state index in [4.69, 9.17) is 4.74 Å².